The van der Waals surface area contributed by atoms with Crippen molar-refractivity contribution in [3.8, 4) is 5.75 Å². The Labute approximate surface area is 129 Å². The van der Waals surface area contributed by atoms with Gasteiger partial charge in [-0.3, -0.25) is 4.79 Å². The Hall–Kier alpha value is -2.62. The molecule has 2 aromatic carbocycles. The number of hydrogen-bond donors (Lipinski definition) is 1. The summed E-state index contributed by atoms with van der Waals surface area (Å²) in [5.74, 6) is 1.05. The Morgan fingerprint density at radius 3 is 2.68 bits per heavy atom. The molecule has 0 aromatic heterocycles. The average molecular weight is 294 g/mol. The summed E-state index contributed by atoms with van der Waals surface area (Å²) in [7, 11) is 1.61. The Morgan fingerprint density at radius 2 is 1.91 bits per heavy atom. The molecule has 0 radical (unpaired) electrons. The highest BCUT2D eigenvalue weighted by Gasteiger charge is 2.43. The van der Waals surface area contributed by atoms with Gasteiger partial charge in [-0.25, -0.2) is 5.43 Å². The number of carbonyl (C=O) groups excluding carboxylic acids is 1. The molecule has 0 spiro atoms. The third kappa shape index (κ3) is 3.17. The van der Waals surface area contributed by atoms with Crippen molar-refractivity contribution in [2.24, 2.45) is 11.0 Å². The van der Waals surface area contributed by atoms with Crippen LogP contribution < -0.4 is 10.2 Å². The predicted molar refractivity (Wildman–Crippen MR) is 86.0 cm³/mol. The number of ether oxygens (including phenoxy) is 1. The van der Waals surface area contributed by atoms with Gasteiger partial charge < -0.3 is 4.74 Å². The lowest BCUT2D eigenvalue weighted by molar-refractivity contribution is -0.122. The predicted octanol–water partition coefficient (Wildman–Crippen LogP) is 2.95. The number of nitrogens with one attached hydrogen (secondary N) is 1. The van der Waals surface area contributed by atoms with Crippen LogP contribution in [-0.4, -0.2) is 19.2 Å². The van der Waals surface area contributed by atoms with Crippen LogP contribution in [-0.2, 0) is 4.79 Å². The van der Waals surface area contributed by atoms with Crippen LogP contribution in [0.4, 0.5) is 0 Å². The van der Waals surface area contributed by atoms with E-state index >= 15 is 0 Å². The van der Waals surface area contributed by atoms with E-state index in [0.29, 0.717) is 5.92 Å². The Kier molecular flexibility index (Phi) is 4.19. The summed E-state index contributed by atoms with van der Waals surface area (Å²) in [6, 6.07) is 17.7. The number of nitrogens with zero attached hydrogens (tertiary/aromatic N) is 1. The largest absolute Gasteiger partial charge is 0.496 e. The van der Waals surface area contributed by atoms with Gasteiger partial charge >= 0.3 is 0 Å². The highest BCUT2D eigenvalue weighted by molar-refractivity contribution is 5.87. The standard InChI is InChI=1S/C18H18N2O2/c1-22-17-10-6-5-9-14(17)12-19-20-18(21)16-11-15(16)13-7-3-2-4-8-13/h2-10,12,15-16H,11H2,1H3,(H,20,21)/b19-12+. The number of rotatable bonds is 5. The smallest absolute Gasteiger partial charge is 0.243 e. The Morgan fingerprint density at radius 1 is 1.18 bits per heavy atom. The molecule has 0 bridgehead atoms. The Bertz CT molecular complexity index is 682. The highest BCUT2D eigenvalue weighted by Crippen LogP contribution is 2.47. The normalized spacial score (nSPS) is 19.9. The molecule has 1 aliphatic carbocycles. The van der Waals surface area contributed by atoms with Crippen molar-refractivity contribution in [3.05, 3.63) is 65.7 Å². The van der Waals surface area contributed by atoms with Gasteiger partial charge in [0.15, 0.2) is 0 Å². The van der Waals surface area contributed by atoms with E-state index in [1.54, 1.807) is 13.3 Å². The average Bonchev–Trinajstić information content (AvgIpc) is 3.37. The zero-order valence-corrected chi connectivity index (χ0v) is 12.4. The summed E-state index contributed by atoms with van der Waals surface area (Å²) >= 11 is 0. The van der Waals surface area contributed by atoms with E-state index in [-0.39, 0.29) is 11.8 Å². The lowest BCUT2D eigenvalue weighted by atomic mass is 10.1. The number of carbonyl (C=O) groups is 1. The first-order valence-electron chi connectivity index (χ1n) is 7.30. The zero-order chi connectivity index (χ0) is 15.4. The van der Waals surface area contributed by atoms with Crippen LogP contribution in [0.5, 0.6) is 5.75 Å². The number of hydrazone groups is 1. The number of amides is 1. The fraction of sp³-hybridized carbons (Fsp3) is 0.222. The van der Waals surface area contributed by atoms with Crippen LogP contribution in [0.3, 0.4) is 0 Å². The van der Waals surface area contributed by atoms with Gasteiger partial charge in [0.1, 0.15) is 5.75 Å². The van der Waals surface area contributed by atoms with E-state index in [9.17, 15) is 4.79 Å². The van der Waals surface area contributed by atoms with Crippen LogP contribution in [0.2, 0.25) is 0 Å². The van der Waals surface area contributed by atoms with E-state index in [2.05, 4.69) is 22.7 Å². The van der Waals surface area contributed by atoms with Gasteiger partial charge in [0, 0.05) is 11.5 Å². The summed E-state index contributed by atoms with van der Waals surface area (Å²) in [6.07, 6.45) is 2.50. The molecule has 1 aliphatic rings. The molecule has 4 heteroatoms. The maximum absolute atomic E-state index is 12.1. The van der Waals surface area contributed by atoms with Crippen LogP contribution in [0.15, 0.2) is 59.7 Å². The fourth-order valence-corrected chi connectivity index (χ4v) is 2.57. The van der Waals surface area contributed by atoms with Crippen molar-refractivity contribution in [1.82, 2.24) is 5.43 Å². The molecular weight excluding hydrogens is 276 g/mol. The van der Waals surface area contributed by atoms with E-state index in [0.717, 1.165) is 17.7 Å². The van der Waals surface area contributed by atoms with E-state index in [1.807, 2.05) is 42.5 Å². The second-order valence-corrected chi connectivity index (χ2v) is 5.34. The van der Waals surface area contributed by atoms with Crippen LogP contribution >= 0.6 is 0 Å². The van der Waals surface area contributed by atoms with Crippen molar-refractivity contribution in [2.75, 3.05) is 7.11 Å². The molecular formula is C18H18N2O2. The van der Waals surface area contributed by atoms with E-state index in [1.165, 1.54) is 5.56 Å². The first-order chi connectivity index (χ1) is 10.8. The molecule has 22 heavy (non-hydrogen) atoms. The molecule has 1 amide bonds. The van der Waals surface area contributed by atoms with Gasteiger partial charge in [-0.05, 0) is 30.0 Å². The summed E-state index contributed by atoms with van der Waals surface area (Å²) in [5.41, 5.74) is 4.67. The third-order valence-corrected chi connectivity index (χ3v) is 3.87. The molecule has 1 N–H and O–H groups in total. The zero-order valence-electron chi connectivity index (χ0n) is 12.4. The Balaban J connectivity index is 1.56. The van der Waals surface area contributed by atoms with E-state index < -0.39 is 0 Å². The molecule has 0 heterocycles. The van der Waals surface area contributed by atoms with Gasteiger partial charge in [-0.15, -0.1) is 0 Å². The summed E-state index contributed by atoms with van der Waals surface area (Å²) < 4.78 is 5.23. The van der Waals surface area contributed by atoms with Crippen molar-refractivity contribution in [2.45, 2.75) is 12.3 Å². The minimum Gasteiger partial charge on any atom is -0.496 e. The minimum atomic E-state index is -0.0278. The van der Waals surface area contributed by atoms with Crippen LogP contribution in [0.25, 0.3) is 0 Å². The van der Waals surface area contributed by atoms with Gasteiger partial charge in [0.25, 0.3) is 0 Å². The van der Waals surface area contributed by atoms with Crippen LogP contribution in [0.1, 0.15) is 23.5 Å². The van der Waals surface area contributed by atoms with Crippen molar-refractivity contribution >= 4 is 12.1 Å². The van der Waals surface area contributed by atoms with E-state index in [4.69, 9.17) is 4.74 Å². The van der Waals surface area contributed by atoms with Gasteiger partial charge in [0.2, 0.25) is 5.91 Å². The lowest BCUT2D eigenvalue weighted by Gasteiger charge is -2.03. The molecule has 112 valence electrons. The molecule has 4 nitrogen and oxygen atoms in total. The quantitative estimate of drug-likeness (QED) is 0.681. The molecule has 0 saturated heterocycles. The van der Waals surface area contributed by atoms with Gasteiger partial charge in [0.05, 0.1) is 13.3 Å². The number of methoxy groups -OCH3 is 1. The minimum absolute atomic E-state index is 0.0252. The van der Waals surface area contributed by atoms with Crippen molar-refractivity contribution in [3.63, 3.8) is 0 Å². The fourth-order valence-electron chi connectivity index (χ4n) is 2.57. The second-order valence-electron chi connectivity index (χ2n) is 5.34. The molecule has 0 aliphatic heterocycles. The first-order valence-corrected chi connectivity index (χ1v) is 7.30. The number of benzene rings is 2. The molecule has 2 aromatic rings. The maximum Gasteiger partial charge on any atom is 0.243 e. The molecule has 2 atom stereocenters. The highest BCUT2D eigenvalue weighted by atomic mass is 16.5. The summed E-state index contributed by atoms with van der Waals surface area (Å²) in [5, 5.41) is 4.03. The SMILES string of the molecule is COc1ccccc1/C=N/NC(=O)C1CC1c1ccccc1. The molecule has 1 saturated carbocycles. The first kappa shape index (κ1) is 14.3. The van der Waals surface area contributed by atoms with Crippen molar-refractivity contribution < 1.29 is 9.53 Å². The molecule has 1 fully saturated rings. The third-order valence-electron chi connectivity index (χ3n) is 3.87. The summed E-state index contributed by atoms with van der Waals surface area (Å²) in [4.78, 5) is 12.1. The maximum atomic E-state index is 12.1. The second kappa shape index (κ2) is 6.43. The van der Waals surface area contributed by atoms with Gasteiger partial charge in [-0.1, -0.05) is 42.5 Å². The summed E-state index contributed by atoms with van der Waals surface area (Å²) in [6.45, 7) is 0. The van der Waals surface area contributed by atoms with Gasteiger partial charge in [-0.2, -0.15) is 5.10 Å². The number of hydrogen-bond acceptors (Lipinski definition) is 3. The molecule has 2 unspecified atom stereocenters. The lowest BCUT2D eigenvalue weighted by Crippen LogP contribution is -2.20. The monoisotopic (exact) mass is 294 g/mol. The van der Waals surface area contributed by atoms with Crippen LogP contribution in [0, 0.1) is 5.92 Å². The topological polar surface area (TPSA) is 50.7 Å². The van der Waals surface area contributed by atoms with Crippen molar-refractivity contribution in [1.29, 1.82) is 0 Å². The molecule has 3 rings (SSSR count). The number of para-hydroxylation sites is 1.